The van der Waals surface area contributed by atoms with Crippen LogP contribution in [0.1, 0.15) is 20.3 Å². The Labute approximate surface area is 88.4 Å². The Balaban J connectivity index is 3.66. The highest BCUT2D eigenvalue weighted by atomic mass is 28.3. The van der Waals surface area contributed by atoms with Crippen molar-refractivity contribution < 1.29 is 9.53 Å². The molecule has 1 atom stereocenters. The average molecular weight is 214 g/mol. The second kappa shape index (κ2) is 6.01. The van der Waals surface area contributed by atoms with E-state index in [9.17, 15) is 4.79 Å². The van der Waals surface area contributed by atoms with Crippen LogP contribution in [-0.2, 0) is 9.53 Å². The number of carbonyl (C=O) groups excluding carboxylic acids is 1. The molecule has 2 nitrogen and oxygen atoms in total. The number of esters is 1. The molecule has 0 aliphatic carbocycles. The van der Waals surface area contributed by atoms with Crippen LogP contribution >= 0.6 is 0 Å². The zero-order valence-corrected chi connectivity index (χ0v) is 11.0. The first kappa shape index (κ1) is 13.4. The molecule has 3 heteroatoms. The number of hydrogen-bond acceptors (Lipinski definition) is 2. The van der Waals surface area contributed by atoms with E-state index in [2.05, 4.69) is 31.8 Å². The van der Waals surface area contributed by atoms with Crippen LogP contribution in [0.15, 0.2) is 12.2 Å². The first-order chi connectivity index (χ1) is 6.31. The summed E-state index contributed by atoms with van der Waals surface area (Å²) in [5.41, 5.74) is 0. The lowest BCUT2D eigenvalue weighted by Gasteiger charge is -2.12. The Kier molecular flexibility index (Phi) is 5.77. The van der Waals surface area contributed by atoms with Crippen molar-refractivity contribution >= 4 is 14.0 Å². The molecule has 0 N–H and O–H groups in total. The zero-order valence-electron chi connectivity index (χ0n) is 9.96. The second-order valence-electron chi connectivity index (χ2n) is 4.89. The van der Waals surface area contributed by atoms with Crippen LogP contribution in [0.25, 0.3) is 0 Å². The molecule has 82 valence electrons. The van der Waals surface area contributed by atoms with Gasteiger partial charge in [-0.05, 0) is 13.0 Å². The van der Waals surface area contributed by atoms with E-state index >= 15 is 0 Å². The molecule has 0 aromatic heterocycles. The molecular weight excluding hydrogens is 192 g/mol. The number of allylic oxidation sites excluding steroid dienone is 1. The van der Waals surface area contributed by atoms with Gasteiger partial charge in [0.1, 0.15) is 6.10 Å². The van der Waals surface area contributed by atoms with Crippen molar-refractivity contribution in [3.05, 3.63) is 12.2 Å². The minimum atomic E-state index is -0.956. The van der Waals surface area contributed by atoms with Gasteiger partial charge in [0.2, 0.25) is 0 Å². The van der Waals surface area contributed by atoms with Gasteiger partial charge in [-0.1, -0.05) is 31.8 Å². The normalized spacial score (nSPS) is 14.4. The van der Waals surface area contributed by atoms with E-state index in [1.165, 1.54) is 13.0 Å². The van der Waals surface area contributed by atoms with Gasteiger partial charge in [0.05, 0.1) is 0 Å². The maximum Gasteiger partial charge on any atom is 0.302 e. The maximum atomic E-state index is 10.6. The lowest BCUT2D eigenvalue weighted by Crippen LogP contribution is -2.17. The molecule has 0 aliphatic rings. The van der Waals surface area contributed by atoms with Gasteiger partial charge < -0.3 is 4.74 Å². The number of hydrogen-bond donors (Lipinski definition) is 0. The molecule has 0 saturated carbocycles. The molecule has 1 unspecified atom stereocenters. The molecule has 0 rings (SSSR count). The predicted octanol–water partition coefficient (Wildman–Crippen LogP) is 3.22. The first-order valence-corrected chi connectivity index (χ1v) is 8.84. The molecule has 0 bridgehead atoms. The monoisotopic (exact) mass is 214 g/mol. The first-order valence-electron chi connectivity index (χ1n) is 5.13. The van der Waals surface area contributed by atoms with Crippen LogP contribution in [0.3, 0.4) is 0 Å². The van der Waals surface area contributed by atoms with Crippen LogP contribution in [0.5, 0.6) is 0 Å². The summed E-state index contributed by atoms with van der Waals surface area (Å²) in [5, 5.41) is 0. The summed E-state index contributed by atoms with van der Waals surface area (Å²) in [4.78, 5) is 10.6. The van der Waals surface area contributed by atoms with Crippen LogP contribution in [0, 0.1) is 0 Å². The van der Waals surface area contributed by atoms with E-state index in [0.717, 1.165) is 6.42 Å². The quantitative estimate of drug-likeness (QED) is 0.399. The fourth-order valence-corrected chi connectivity index (χ4v) is 1.93. The number of rotatable bonds is 5. The molecule has 0 heterocycles. The van der Waals surface area contributed by atoms with E-state index in [4.69, 9.17) is 4.74 Å². The van der Waals surface area contributed by atoms with Crippen molar-refractivity contribution in [3.8, 4) is 0 Å². The second-order valence-corrected chi connectivity index (χ2v) is 10.4. The molecule has 0 saturated heterocycles. The van der Waals surface area contributed by atoms with Gasteiger partial charge in [-0.25, -0.2) is 0 Å². The van der Waals surface area contributed by atoms with Crippen molar-refractivity contribution in [2.75, 3.05) is 0 Å². The number of ether oxygens (including phenoxy) is 1. The highest BCUT2D eigenvalue weighted by Crippen LogP contribution is 2.09. The average Bonchev–Trinajstić information content (AvgIpc) is 1.95. The van der Waals surface area contributed by atoms with E-state index in [1.807, 2.05) is 6.92 Å². The van der Waals surface area contributed by atoms with Crippen molar-refractivity contribution in [1.29, 1.82) is 0 Å². The Morgan fingerprint density at radius 2 is 1.93 bits per heavy atom. The van der Waals surface area contributed by atoms with Crippen LogP contribution in [0.2, 0.25) is 25.7 Å². The molecular formula is C11H22O2Si. The Bertz CT molecular complexity index is 204. The van der Waals surface area contributed by atoms with Crippen molar-refractivity contribution in [3.63, 3.8) is 0 Å². The third-order valence-corrected chi connectivity index (χ3v) is 3.19. The molecule has 0 aliphatic heterocycles. The fourth-order valence-electron chi connectivity index (χ4n) is 1.06. The number of carbonyl (C=O) groups is 1. The smallest absolute Gasteiger partial charge is 0.302 e. The maximum absolute atomic E-state index is 10.6. The van der Waals surface area contributed by atoms with Gasteiger partial charge >= 0.3 is 5.97 Å². The molecule has 0 fully saturated rings. The van der Waals surface area contributed by atoms with Crippen molar-refractivity contribution in [2.24, 2.45) is 0 Å². The van der Waals surface area contributed by atoms with Gasteiger partial charge in [-0.15, -0.1) is 0 Å². The van der Waals surface area contributed by atoms with Gasteiger partial charge in [0.25, 0.3) is 0 Å². The third-order valence-electron chi connectivity index (χ3n) is 1.73. The zero-order chi connectivity index (χ0) is 11.2. The third kappa shape index (κ3) is 9.51. The van der Waals surface area contributed by atoms with Gasteiger partial charge in [-0.3, -0.25) is 4.79 Å². The Hall–Kier alpha value is -0.573. The molecule has 0 aromatic carbocycles. The summed E-state index contributed by atoms with van der Waals surface area (Å²) in [6, 6.07) is 1.19. The summed E-state index contributed by atoms with van der Waals surface area (Å²) in [6.07, 6.45) is 5.16. The van der Waals surface area contributed by atoms with Crippen LogP contribution < -0.4 is 0 Å². The predicted molar refractivity (Wildman–Crippen MR) is 63.1 cm³/mol. The van der Waals surface area contributed by atoms with Crippen LogP contribution in [-0.4, -0.2) is 20.1 Å². The molecule has 0 aromatic rings. The van der Waals surface area contributed by atoms with E-state index < -0.39 is 8.07 Å². The highest BCUT2D eigenvalue weighted by Gasteiger charge is 2.09. The standard InChI is InChI=1S/C11H22O2Si/c1-10(13-11(2)12)8-6-7-9-14(3,4)5/h6-7,10H,8-9H2,1-5H3/b7-6+. The SMILES string of the molecule is CC(=O)OC(C)C/C=C/C[Si](C)(C)C. The summed E-state index contributed by atoms with van der Waals surface area (Å²) < 4.78 is 5.00. The lowest BCUT2D eigenvalue weighted by atomic mass is 10.3. The molecule has 0 amide bonds. The minimum absolute atomic E-state index is 0.00499. The topological polar surface area (TPSA) is 26.3 Å². The molecule has 0 radical (unpaired) electrons. The minimum Gasteiger partial charge on any atom is -0.463 e. The largest absolute Gasteiger partial charge is 0.463 e. The molecule has 14 heavy (non-hydrogen) atoms. The summed E-state index contributed by atoms with van der Waals surface area (Å²) in [7, 11) is -0.956. The fraction of sp³-hybridized carbons (Fsp3) is 0.727. The van der Waals surface area contributed by atoms with E-state index in [-0.39, 0.29) is 12.1 Å². The van der Waals surface area contributed by atoms with Crippen molar-refractivity contribution in [1.82, 2.24) is 0 Å². The van der Waals surface area contributed by atoms with E-state index in [1.54, 1.807) is 0 Å². The Morgan fingerprint density at radius 3 is 2.36 bits per heavy atom. The highest BCUT2D eigenvalue weighted by molar-refractivity contribution is 6.76. The van der Waals surface area contributed by atoms with Gasteiger partial charge in [0, 0.05) is 21.4 Å². The Morgan fingerprint density at radius 1 is 1.36 bits per heavy atom. The lowest BCUT2D eigenvalue weighted by molar-refractivity contribution is -0.145. The summed E-state index contributed by atoms with van der Waals surface area (Å²) >= 11 is 0. The van der Waals surface area contributed by atoms with E-state index in [0.29, 0.717) is 0 Å². The van der Waals surface area contributed by atoms with Crippen LogP contribution in [0.4, 0.5) is 0 Å². The van der Waals surface area contributed by atoms with Gasteiger partial charge in [-0.2, -0.15) is 0 Å². The van der Waals surface area contributed by atoms with Crippen molar-refractivity contribution in [2.45, 2.75) is 52.1 Å². The summed E-state index contributed by atoms with van der Waals surface area (Å²) in [6.45, 7) is 10.4. The van der Waals surface area contributed by atoms with Gasteiger partial charge in [0.15, 0.2) is 0 Å². The summed E-state index contributed by atoms with van der Waals surface area (Å²) in [5.74, 6) is -0.198. The molecule has 0 spiro atoms.